The average Bonchev–Trinajstić information content (AvgIpc) is 3.21. The summed E-state index contributed by atoms with van der Waals surface area (Å²) < 4.78 is 1.95. The molecule has 0 spiro atoms. The second-order valence-corrected chi connectivity index (χ2v) is 8.97. The molecule has 4 heterocycles. The zero-order valence-electron chi connectivity index (χ0n) is 19.0. The topological polar surface area (TPSA) is 83.4 Å². The van der Waals surface area contributed by atoms with Crippen LogP contribution < -0.4 is 5.32 Å². The van der Waals surface area contributed by atoms with E-state index in [4.69, 9.17) is 0 Å². The minimum absolute atomic E-state index is 0.101. The monoisotopic (exact) mass is 446 g/mol. The smallest absolute Gasteiger partial charge is 0.290 e. The molecule has 2 amide bonds. The average molecular weight is 447 g/mol. The summed E-state index contributed by atoms with van der Waals surface area (Å²) in [6.07, 6.45) is 5.49. The van der Waals surface area contributed by atoms with Gasteiger partial charge in [0.2, 0.25) is 0 Å². The maximum Gasteiger partial charge on any atom is 0.290 e. The fourth-order valence-corrected chi connectivity index (χ4v) is 4.87. The molecule has 3 aromatic rings. The van der Waals surface area contributed by atoms with Crippen molar-refractivity contribution in [3.8, 4) is 0 Å². The van der Waals surface area contributed by atoms with Crippen LogP contribution in [0.4, 0.5) is 0 Å². The highest BCUT2D eigenvalue weighted by Gasteiger charge is 2.28. The van der Waals surface area contributed by atoms with Gasteiger partial charge in [0.1, 0.15) is 0 Å². The van der Waals surface area contributed by atoms with Crippen molar-refractivity contribution in [3.63, 3.8) is 0 Å². The number of carbonyl (C=O) groups is 2. The van der Waals surface area contributed by atoms with E-state index in [1.165, 1.54) is 19.3 Å². The molecule has 2 aromatic heterocycles. The van der Waals surface area contributed by atoms with Gasteiger partial charge in [-0.1, -0.05) is 12.5 Å². The molecule has 5 rings (SSSR count). The predicted octanol–water partition coefficient (Wildman–Crippen LogP) is 2.69. The maximum atomic E-state index is 13.1. The van der Waals surface area contributed by atoms with Gasteiger partial charge in [-0.15, -0.1) is 0 Å². The summed E-state index contributed by atoms with van der Waals surface area (Å²) in [5.74, 6) is 0.212. The van der Waals surface area contributed by atoms with Crippen LogP contribution >= 0.6 is 0 Å². The highest BCUT2D eigenvalue weighted by molar-refractivity contribution is 6.00. The molecule has 172 valence electrons. The summed E-state index contributed by atoms with van der Waals surface area (Å²) in [4.78, 5) is 38.9. The largest absolute Gasteiger partial charge is 0.351 e. The van der Waals surface area contributed by atoms with Crippen molar-refractivity contribution in [1.29, 1.82) is 0 Å². The Kier molecular flexibility index (Phi) is 6.09. The van der Waals surface area contributed by atoms with Gasteiger partial charge in [0.15, 0.2) is 5.82 Å². The fourth-order valence-electron chi connectivity index (χ4n) is 4.87. The van der Waals surface area contributed by atoms with E-state index < -0.39 is 0 Å². The van der Waals surface area contributed by atoms with E-state index in [0.29, 0.717) is 49.1 Å². The van der Waals surface area contributed by atoms with Gasteiger partial charge in [-0.3, -0.25) is 19.5 Å². The number of hydrogen-bond donors (Lipinski definition) is 1. The van der Waals surface area contributed by atoms with Gasteiger partial charge >= 0.3 is 0 Å². The second kappa shape index (κ2) is 9.31. The van der Waals surface area contributed by atoms with Crippen LogP contribution in [-0.4, -0.2) is 68.4 Å². The second-order valence-electron chi connectivity index (χ2n) is 8.97. The number of imidazole rings is 1. The van der Waals surface area contributed by atoms with Gasteiger partial charge in [-0.25, -0.2) is 4.98 Å². The summed E-state index contributed by atoms with van der Waals surface area (Å²) in [5, 5.41) is 3.04. The molecule has 1 aromatic carbocycles. The summed E-state index contributed by atoms with van der Waals surface area (Å²) in [6.45, 7) is 6.60. The van der Waals surface area contributed by atoms with Crippen LogP contribution in [0.2, 0.25) is 0 Å². The summed E-state index contributed by atoms with van der Waals surface area (Å²) in [6, 6.07) is 11.8. The number of aromatic nitrogens is 3. The molecule has 1 fully saturated rings. The molecule has 0 unspecified atom stereocenters. The van der Waals surface area contributed by atoms with E-state index in [1.807, 2.05) is 34.9 Å². The van der Waals surface area contributed by atoms with E-state index in [2.05, 4.69) is 27.1 Å². The minimum Gasteiger partial charge on any atom is -0.351 e. The summed E-state index contributed by atoms with van der Waals surface area (Å²) in [5.41, 5.74) is 2.99. The Hall–Kier alpha value is -3.26. The number of likely N-dealkylation sites (tertiary alicyclic amines) is 1. The molecule has 0 radical (unpaired) electrons. The molecule has 0 bridgehead atoms. The molecule has 0 aliphatic carbocycles. The fraction of sp³-hybridized carbons (Fsp3) is 0.440. The number of hydrogen-bond acceptors (Lipinski definition) is 5. The van der Waals surface area contributed by atoms with E-state index in [0.717, 1.165) is 24.3 Å². The Bertz CT molecular complexity index is 1160. The lowest BCUT2D eigenvalue weighted by Crippen LogP contribution is -2.42. The van der Waals surface area contributed by atoms with Crippen LogP contribution in [0, 0.1) is 0 Å². The molecule has 2 aliphatic heterocycles. The number of nitrogens with one attached hydrogen (secondary N) is 1. The van der Waals surface area contributed by atoms with Gasteiger partial charge in [0.05, 0.1) is 23.3 Å². The molecule has 1 atom stereocenters. The first kappa shape index (κ1) is 21.6. The minimum atomic E-state index is -0.107. The van der Waals surface area contributed by atoms with Crippen LogP contribution in [0.25, 0.3) is 11.0 Å². The number of amides is 2. The zero-order valence-corrected chi connectivity index (χ0v) is 19.0. The first-order valence-electron chi connectivity index (χ1n) is 11.8. The predicted molar refractivity (Wildman–Crippen MR) is 126 cm³/mol. The highest BCUT2D eigenvalue weighted by Crippen LogP contribution is 2.23. The van der Waals surface area contributed by atoms with Crippen molar-refractivity contribution in [2.24, 2.45) is 0 Å². The van der Waals surface area contributed by atoms with Crippen molar-refractivity contribution < 1.29 is 9.59 Å². The molecule has 33 heavy (non-hydrogen) atoms. The number of benzene rings is 1. The summed E-state index contributed by atoms with van der Waals surface area (Å²) >= 11 is 0. The van der Waals surface area contributed by atoms with Crippen LogP contribution in [0.1, 0.15) is 52.9 Å². The Morgan fingerprint density at radius 3 is 2.88 bits per heavy atom. The number of carbonyl (C=O) groups excluding carboxylic acids is 2. The van der Waals surface area contributed by atoms with Gasteiger partial charge in [0.25, 0.3) is 11.8 Å². The molecule has 8 nitrogen and oxygen atoms in total. The lowest BCUT2D eigenvalue weighted by molar-refractivity contribution is 0.0682. The van der Waals surface area contributed by atoms with E-state index >= 15 is 0 Å². The third-order valence-electron chi connectivity index (χ3n) is 6.79. The Morgan fingerprint density at radius 2 is 2.06 bits per heavy atom. The van der Waals surface area contributed by atoms with E-state index in [-0.39, 0.29) is 11.8 Å². The van der Waals surface area contributed by atoms with Crippen molar-refractivity contribution in [2.45, 2.75) is 45.3 Å². The van der Waals surface area contributed by atoms with Crippen LogP contribution in [-0.2, 0) is 13.1 Å². The number of fused-ring (bicyclic) bond motifs is 3. The number of nitrogens with zero attached hydrogens (tertiary/aromatic N) is 5. The van der Waals surface area contributed by atoms with Crippen molar-refractivity contribution in [2.75, 3.05) is 26.2 Å². The number of rotatable bonds is 6. The maximum absolute atomic E-state index is 13.1. The van der Waals surface area contributed by atoms with Crippen molar-refractivity contribution >= 4 is 22.8 Å². The molecule has 8 heteroatoms. The summed E-state index contributed by atoms with van der Waals surface area (Å²) in [7, 11) is 0. The molecular formula is C25H30N6O2. The Labute approximate surface area is 193 Å². The third kappa shape index (κ3) is 4.48. The molecular weight excluding hydrogens is 416 g/mol. The Balaban J connectivity index is 1.26. The zero-order chi connectivity index (χ0) is 22.8. The van der Waals surface area contributed by atoms with Crippen LogP contribution in [0.15, 0.2) is 42.6 Å². The van der Waals surface area contributed by atoms with E-state index in [1.54, 1.807) is 17.2 Å². The van der Waals surface area contributed by atoms with Gasteiger partial charge in [-0.05, 0) is 56.6 Å². The van der Waals surface area contributed by atoms with Crippen LogP contribution in [0.5, 0.6) is 0 Å². The van der Waals surface area contributed by atoms with E-state index in [9.17, 15) is 9.59 Å². The molecule has 1 N–H and O–H groups in total. The van der Waals surface area contributed by atoms with Crippen molar-refractivity contribution in [1.82, 2.24) is 29.7 Å². The number of pyridine rings is 1. The normalized spacial score (nSPS) is 19.0. The third-order valence-corrected chi connectivity index (χ3v) is 6.79. The van der Waals surface area contributed by atoms with Gasteiger partial charge in [0, 0.05) is 44.0 Å². The highest BCUT2D eigenvalue weighted by atomic mass is 16.2. The lowest BCUT2D eigenvalue weighted by Gasteiger charge is -2.33. The van der Waals surface area contributed by atoms with Gasteiger partial charge in [-0.2, -0.15) is 0 Å². The van der Waals surface area contributed by atoms with Crippen molar-refractivity contribution in [3.05, 3.63) is 59.7 Å². The SMILES string of the molecule is C[C@H]1CCCCN1CCNC(=O)c1ccc2c(c1)nc1n2CCN(Cc2ccccn2)C1=O. The quantitative estimate of drug-likeness (QED) is 0.630. The van der Waals surface area contributed by atoms with Crippen LogP contribution in [0.3, 0.4) is 0 Å². The lowest BCUT2D eigenvalue weighted by atomic mass is 10.0. The van der Waals surface area contributed by atoms with Gasteiger partial charge < -0.3 is 14.8 Å². The first-order valence-corrected chi connectivity index (χ1v) is 11.8. The molecule has 2 aliphatic rings. The molecule has 1 saturated heterocycles. The number of piperidine rings is 1. The standard InChI is InChI=1S/C25H30N6O2/c1-18-6-3-5-12-29(18)13-11-27-24(32)19-8-9-22-21(16-19)28-23-25(33)30(14-15-31(22)23)17-20-7-2-4-10-26-20/h2,4,7-10,16,18H,3,5-6,11-15,17H2,1H3,(H,27,32)/t18-/m0/s1. The first-order chi connectivity index (χ1) is 16.1. The molecule has 0 saturated carbocycles. The Morgan fingerprint density at radius 1 is 1.15 bits per heavy atom.